The molecule has 1 aromatic rings. The third kappa shape index (κ3) is 2.67. The van der Waals surface area contributed by atoms with Gasteiger partial charge in [-0.05, 0) is 47.8 Å². The van der Waals surface area contributed by atoms with Gasteiger partial charge in [-0.2, -0.15) is 0 Å². The molecular weight excluding hydrogens is 333 g/mol. The summed E-state index contributed by atoms with van der Waals surface area (Å²) < 4.78 is 25.4. The van der Waals surface area contributed by atoms with Gasteiger partial charge in [-0.25, -0.2) is 17.9 Å². The average Bonchev–Trinajstić information content (AvgIpc) is 2.17. The highest BCUT2D eigenvalue weighted by molar-refractivity contribution is 14.1. The Labute approximate surface area is 101 Å². The predicted molar refractivity (Wildman–Crippen MR) is 62.4 cm³/mol. The van der Waals surface area contributed by atoms with Gasteiger partial charge in [0.15, 0.2) is 0 Å². The van der Waals surface area contributed by atoms with Crippen LogP contribution in [0.1, 0.15) is 10.4 Å². The molecule has 1 aromatic carbocycles. The smallest absolute Gasteiger partial charge is 0.336 e. The summed E-state index contributed by atoms with van der Waals surface area (Å²) in [6.07, 6.45) is 0. The van der Waals surface area contributed by atoms with Crippen LogP contribution in [0.2, 0.25) is 0 Å². The van der Waals surface area contributed by atoms with Gasteiger partial charge < -0.3 is 5.11 Å². The Morgan fingerprint density at radius 2 is 2.07 bits per heavy atom. The summed E-state index contributed by atoms with van der Waals surface area (Å²) in [6, 6.07) is 3.95. The summed E-state index contributed by atoms with van der Waals surface area (Å²) in [4.78, 5) is 10.7. The number of aromatic carboxylic acids is 1. The molecule has 0 heterocycles. The first-order chi connectivity index (χ1) is 6.88. The molecular formula is C8H8INO4S. The Morgan fingerprint density at radius 1 is 1.47 bits per heavy atom. The van der Waals surface area contributed by atoms with Gasteiger partial charge in [0.2, 0.25) is 10.0 Å². The maximum atomic E-state index is 11.4. The Morgan fingerprint density at radius 3 is 2.53 bits per heavy atom. The molecule has 0 spiro atoms. The SMILES string of the molecule is CNS(=O)(=O)c1ccc(I)c(C(=O)O)c1. The van der Waals surface area contributed by atoms with Crippen LogP contribution in [0.3, 0.4) is 0 Å². The monoisotopic (exact) mass is 341 g/mol. The standard InChI is InChI=1S/C8H8INO4S/c1-10-15(13,14)5-2-3-7(9)6(4-5)8(11)12/h2-4,10H,1H3,(H,11,12). The number of rotatable bonds is 3. The van der Waals surface area contributed by atoms with Crippen molar-refractivity contribution >= 4 is 38.6 Å². The van der Waals surface area contributed by atoms with Crippen LogP contribution in [0, 0.1) is 3.57 Å². The van der Waals surface area contributed by atoms with Crippen molar-refractivity contribution in [3.05, 3.63) is 27.3 Å². The van der Waals surface area contributed by atoms with Gasteiger partial charge in [-0.3, -0.25) is 0 Å². The zero-order chi connectivity index (χ0) is 11.6. The minimum atomic E-state index is -3.59. The molecule has 0 unspecified atom stereocenters. The summed E-state index contributed by atoms with van der Waals surface area (Å²) in [5, 5.41) is 8.81. The van der Waals surface area contributed by atoms with Crippen molar-refractivity contribution < 1.29 is 18.3 Å². The lowest BCUT2D eigenvalue weighted by atomic mass is 10.2. The number of hydrogen-bond donors (Lipinski definition) is 2. The molecule has 7 heteroatoms. The molecule has 0 aliphatic rings. The fourth-order valence-corrected chi connectivity index (χ4v) is 2.28. The fraction of sp³-hybridized carbons (Fsp3) is 0.125. The number of halogens is 1. The second-order valence-electron chi connectivity index (χ2n) is 2.65. The van der Waals surface area contributed by atoms with Gasteiger partial charge in [0.1, 0.15) is 0 Å². The van der Waals surface area contributed by atoms with E-state index in [1.807, 2.05) is 22.6 Å². The van der Waals surface area contributed by atoms with Gasteiger partial charge >= 0.3 is 5.97 Å². The minimum Gasteiger partial charge on any atom is -0.478 e. The van der Waals surface area contributed by atoms with E-state index >= 15 is 0 Å². The first-order valence-corrected chi connectivity index (χ1v) is 6.41. The zero-order valence-electron chi connectivity index (χ0n) is 7.69. The van der Waals surface area contributed by atoms with Crippen LogP contribution in [0.5, 0.6) is 0 Å². The lowest BCUT2D eigenvalue weighted by molar-refractivity contribution is 0.0695. The molecule has 1 rings (SSSR count). The summed E-state index contributed by atoms with van der Waals surface area (Å²) >= 11 is 1.84. The van der Waals surface area contributed by atoms with Crippen LogP contribution in [-0.4, -0.2) is 26.5 Å². The number of carboxylic acids is 1. The number of hydrogen-bond acceptors (Lipinski definition) is 3. The fourth-order valence-electron chi connectivity index (χ4n) is 0.953. The number of carbonyl (C=O) groups is 1. The highest BCUT2D eigenvalue weighted by Gasteiger charge is 2.16. The van der Waals surface area contributed by atoms with Crippen LogP contribution < -0.4 is 4.72 Å². The molecule has 0 saturated heterocycles. The topological polar surface area (TPSA) is 83.5 Å². The van der Waals surface area contributed by atoms with Gasteiger partial charge in [-0.15, -0.1) is 0 Å². The van der Waals surface area contributed by atoms with Crippen molar-refractivity contribution in [1.29, 1.82) is 0 Å². The molecule has 2 N–H and O–H groups in total. The van der Waals surface area contributed by atoms with Crippen molar-refractivity contribution in [2.75, 3.05) is 7.05 Å². The molecule has 0 radical (unpaired) electrons. The van der Waals surface area contributed by atoms with E-state index in [1.165, 1.54) is 19.2 Å². The van der Waals surface area contributed by atoms with Gasteiger partial charge in [0.25, 0.3) is 0 Å². The molecule has 0 aliphatic heterocycles. The predicted octanol–water partition coefficient (Wildman–Crippen LogP) is 0.897. The summed E-state index contributed by atoms with van der Waals surface area (Å²) in [7, 11) is -2.32. The van der Waals surface area contributed by atoms with E-state index in [9.17, 15) is 13.2 Å². The highest BCUT2D eigenvalue weighted by atomic mass is 127. The Hall–Kier alpha value is -0.670. The van der Waals surface area contributed by atoms with Crippen molar-refractivity contribution in [3.8, 4) is 0 Å². The molecule has 5 nitrogen and oxygen atoms in total. The van der Waals surface area contributed by atoms with Crippen LogP contribution in [0.4, 0.5) is 0 Å². The summed E-state index contributed by atoms with van der Waals surface area (Å²) in [6.45, 7) is 0. The van der Waals surface area contributed by atoms with Crippen LogP contribution in [0.25, 0.3) is 0 Å². The van der Waals surface area contributed by atoms with E-state index in [1.54, 1.807) is 0 Å². The Kier molecular flexibility index (Phi) is 3.68. The highest BCUT2D eigenvalue weighted by Crippen LogP contribution is 2.17. The zero-order valence-corrected chi connectivity index (χ0v) is 10.7. The van der Waals surface area contributed by atoms with Crippen molar-refractivity contribution in [3.63, 3.8) is 0 Å². The van der Waals surface area contributed by atoms with E-state index in [-0.39, 0.29) is 10.5 Å². The number of nitrogens with one attached hydrogen (secondary N) is 1. The van der Waals surface area contributed by atoms with Gasteiger partial charge in [0, 0.05) is 3.57 Å². The molecule has 82 valence electrons. The van der Waals surface area contributed by atoms with E-state index < -0.39 is 16.0 Å². The van der Waals surface area contributed by atoms with Crippen LogP contribution in [-0.2, 0) is 10.0 Å². The molecule has 0 fully saturated rings. The Balaban J connectivity index is 3.38. The number of sulfonamides is 1. The lowest BCUT2D eigenvalue weighted by Crippen LogP contribution is -2.19. The van der Waals surface area contributed by atoms with Crippen LogP contribution in [0.15, 0.2) is 23.1 Å². The molecule has 15 heavy (non-hydrogen) atoms. The molecule has 0 bridgehead atoms. The van der Waals surface area contributed by atoms with E-state index in [0.717, 1.165) is 6.07 Å². The second-order valence-corrected chi connectivity index (χ2v) is 5.70. The minimum absolute atomic E-state index is 0.0214. The van der Waals surface area contributed by atoms with Gasteiger partial charge in [0.05, 0.1) is 10.5 Å². The average molecular weight is 341 g/mol. The molecule has 0 atom stereocenters. The third-order valence-corrected chi connectivity index (χ3v) is 4.10. The van der Waals surface area contributed by atoms with E-state index in [0.29, 0.717) is 3.57 Å². The molecule has 0 aromatic heterocycles. The molecule has 0 saturated carbocycles. The van der Waals surface area contributed by atoms with Gasteiger partial charge in [-0.1, -0.05) is 0 Å². The van der Waals surface area contributed by atoms with Crippen molar-refractivity contribution in [2.24, 2.45) is 0 Å². The summed E-state index contributed by atoms with van der Waals surface area (Å²) in [5.41, 5.74) is -0.0214. The third-order valence-electron chi connectivity index (χ3n) is 1.75. The van der Waals surface area contributed by atoms with E-state index in [4.69, 9.17) is 5.11 Å². The summed E-state index contributed by atoms with van der Waals surface area (Å²) in [5.74, 6) is -1.15. The number of benzene rings is 1. The molecule has 0 aliphatic carbocycles. The second kappa shape index (κ2) is 4.45. The lowest BCUT2D eigenvalue weighted by Gasteiger charge is -2.04. The maximum Gasteiger partial charge on any atom is 0.336 e. The van der Waals surface area contributed by atoms with Crippen LogP contribution >= 0.6 is 22.6 Å². The van der Waals surface area contributed by atoms with Crippen molar-refractivity contribution in [2.45, 2.75) is 4.90 Å². The Bertz CT molecular complexity index is 497. The normalized spacial score (nSPS) is 11.3. The van der Waals surface area contributed by atoms with E-state index in [2.05, 4.69) is 4.72 Å². The molecule has 0 amide bonds. The quantitative estimate of drug-likeness (QED) is 0.800. The first-order valence-electron chi connectivity index (χ1n) is 3.85. The van der Waals surface area contributed by atoms with Crippen molar-refractivity contribution in [1.82, 2.24) is 4.72 Å². The maximum absolute atomic E-state index is 11.4. The largest absolute Gasteiger partial charge is 0.478 e. The first kappa shape index (κ1) is 12.4. The number of carboxylic acid groups (broad SMARTS) is 1.